The lowest BCUT2D eigenvalue weighted by Crippen LogP contribution is -2.41. The van der Waals surface area contributed by atoms with Gasteiger partial charge in [-0.25, -0.2) is 0 Å². The second-order valence-electron chi connectivity index (χ2n) is 15.4. The van der Waals surface area contributed by atoms with Crippen molar-refractivity contribution in [3.8, 4) is 23.0 Å². The highest BCUT2D eigenvalue weighted by molar-refractivity contribution is 8.17. The van der Waals surface area contributed by atoms with Crippen molar-refractivity contribution in [1.82, 2.24) is 24.8 Å². The molecule has 0 radical (unpaired) electrons. The van der Waals surface area contributed by atoms with Crippen molar-refractivity contribution in [2.45, 2.75) is 126 Å². The summed E-state index contributed by atoms with van der Waals surface area (Å²) in [5.74, 6) is 6.00. The number of likely N-dealkylation sites (tertiary alicyclic amines) is 2. The zero-order valence-electron chi connectivity index (χ0n) is 37.6. The van der Waals surface area contributed by atoms with E-state index in [1.807, 2.05) is 67.7 Å². The molecule has 0 spiro atoms. The Balaban J connectivity index is 1.01. The van der Waals surface area contributed by atoms with E-state index in [9.17, 15) is 9.59 Å². The number of aromatic nitrogens is 3. The Hall–Kier alpha value is -3.28. The molecule has 0 aliphatic carbocycles. The van der Waals surface area contributed by atoms with E-state index in [1.54, 1.807) is 38.5 Å². The number of nitrogen functional groups attached to an aromatic ring is 2. The molecule has 13 nitrogen and oxygen atoms in total. The molecule has 1 aromatic heterocycles. The number of aryl methyl sites for hydroxylation is 1. The predicted molar refractivity (Wildman–Crippen MR) is 261 cm³/mol. The molecular formula is C45H69N7O6S4. The molecule has 3 aromatic rings. The molecule has 2 atom stereocenters. The highest BCUT2D eigenvalue weighted by Crippen LogP contribution is 2.40. The number of methoxy groups -OCH3 is 2. The SMILES string of the molecule is CCSC(SCC)[C@@H]1CCCN1C(=O)c1cc(OC)c(OCCCCCCCCn2cc(COc3cc(N)c(C(=O)N4CCC[C@H]4C(SCC)SCC)cc3OC)nn2)cc1N. The topological polar surface area (TPSA) is 160 Å². The van der Waals surface area contributed by atoms with Crippen LogP contribution in [0.25, 0.3) is 0 Å². The lowest BCUT2D eigenvalue weighted by molar-refractivity contribution is 0.0738. The van der Waals surface area contributed by atoms with Crippen LogP contribution in [-0.4, -0.2) is 115 Å². The Morgan fingerprint density at radius 1 is 0.677 bits per heavy atom. The zero-order valence-corrected chi connectivity index (χ0v) is 40.9. The van der Waals surface area contributed by atoms with Crippen molar-refractivity contribution < 1.29 is 28.5 Å². The number of rotatable bonds is 27. The molecule has 0 saturated carbocycles. The molecule has 2 aromatic carbocycles. The van der Waals surface area contributed by atoms with Gasteiger partial charge < -0.3 is 40.2 Å². The van der Waals surface area contributed by atoms with Crippen molar-refractivity contribution in [3.05, 3.63) is 47.3 Å². The summed E-state index contributed by atoms with van der Waals surface area (Å²) in [5.41, 5.74) is 15.4. The van der Waals surface area contributed by atoms with Crippen molar-refractivity contribution in [1.29, 1.82) is 0 Å². The van der Waals surface area contributed by atoms with Crippen LogP contribution in [0.1, 0.15) is 118 Å². The van der Waals surface area contributed by atoms with Crippen LogP contribution in [0.4, 0.5) is 11.4 Å². The van der Waals surface area contributed by atoms with Crippen LogP contribution >= 0.6 is 47.0 Å². The van der Waals surface area contributed by atoms with Gasteiger partial charge in [0.25, 0.3) is 11.8 Å². The number of hydrogen-bond acceptors (Lipinski definition) is 14. The fourth-order valence-corrected chi connectivity index (χ4v) is 13.9. The van der Waals surface area contributed by atoms with Gasteiger partial charge in [0.05, 0.1) is 59.4 Å². The Morgan fingerprint density at radius 2 is 1.15 bits per heavy atom. The number of ether oxygens (including phenoxy) is 4. The van der Waals surface area contributed by atoms with E-state index >= 15 is 0 Å². The largest absolute Gasteiger partial charge is 0.493 e. The van der Waals surface area contributed by atoms with Crippen LogP contribution in [0.2, 0.25) is 0 Å². The Morgan fingerprint density at radius 3 is 1.63 bits per heavy atom. The molecule has 2 amide bonds. The quantitative estimate of drug-likeness (QED) is 0.0423. The fourth-order valence-electron chi connectivity index (χ4n) is 8.16. The van der Waals surface area contributed by atoms with Gasteiger partial charge in [0, 0.05) is 43.1 Å². The van der Waals surface area contributed by atoms with Gasteiger partial charge in [0.2, 0.25) is 0 Å². The number of unbranched alkanes of at least 4 members (excludes halogenated alkanes) is 5. The Kier molecular flexibility index (Phi) is 20.8. The second kappa shape index (κ2) is 25.9. The average Bonchev–Trinajstić information content (AvgIpc) is 4.07. The number of thioether (sulfide) groups is 4. The lowest BCUT2D eigenvalue weighted by Gasteiger charge is -2.31. The van der Waals surface area contributed by atoms with Crippen LogP contribution in [-0.2, 0) is 13.2 Å². The predicted octanol–water partition coefficient (Wildman–Crippen LogP) is 9.33. The first-order chi connectivity index (χ1) is 30.2. The van der Waals surface area contributed by atoms with Gasteiger partial charge in [-0.2, -0.15) is 0 Å². The number of carbonyl (C=O) groups is 2. The van der Waals surface area contributed by atoms with E-state index in [1.165, 1.54) is 0 Å². The van der Waals surface area contributed by atoms with Crippen LogP contribution in [0.3, 0.4) is 0 Å². The molecule has 2 saturated heterocycles. The monoisotopic (exact) mass is 931 g/mol. The first kappa shape index (κ1) is 49.7. The van der Waals surface area contributed by atoms with Gasteiger partial charge in [-0.1, -0.05) is 58.6 Å². The maximum absolute atomic E-state index is 13.8. The number of anilines is 2. The van der Waals surface area contributed by atoms with Gasteiger partial charge >= 0.3 is 0 Å². The Labute approximate surface area is 386 Å². The van der Waals surface area contributed by atoms with Crippen LogP contribution in [0.5, 0.6) is 23.0 Å². The molecule has 62 heavy (non-hydrogen) atoms. The molecule has 0 bridgehead atoms. The number of nitrogens with two attached hydrogens (primary N) is 2. The molecule has 5 rings (SSSR count). The molecule has 0 unspecified atom stereocenters. The molecule has 2 fully saturated rings. The summed E-state index contributed by atoms with van der Waals surface area (Å²) >= 11 is 7.67. The summed E-state index contributed by atoms with van der Waals surface area (Å²) in [4.78, 5) is 31.6. The third-order valence-corrected chi connectivity index (χ3v) is 16.7. The minimum atomic E-state index is -0.0582. The molecular weight excluding hydrogens is 863 g/mol. The number of carbonyl (C=O) groups excluding carboxylic acids is 2. The molecule has 3 heterocycles. The maximum Gasteiger partial charge on any atom is 0.256 e. The van der Waals surface area contributed by atoms with Crippen molar-refractivity contribution in [3.63, 3.8) is 0 Å². The second-order valence-corrected chi connectivity index (χ2v) is 21.7. The lowest BCUT2D eigenvalue weighted by atomic mass is 10.1. The van der Waals surface area contributed by atoms with Gasteiger partial charge in [-0.15, -0.1) is 52.1 Å². The van der Waals surface area contributed by atoms with Crippen molar-refractivity contribution in [2.24, 2.45) is 0 Å². The first-order valence-electron chi connectivity index (χ1n) is 22.4. The standard InChI is InChI=1S/C45H69N7O6S4/c1-7-59-44(60-8-2)36-19-17-22-51(36)42(53)32-25-38(55-5)40(27-34(32)46)57-24-16-14-12-11-13-15-21-50-29-31(48-49-50)30-58-41-28-35(47)33(26-39(41)56-6)43(54)52-23-18-20-37(52)45(61-9-3)62-10-4/h25-29,36-37,44-45H,7-24,30,46-47H2,1-6H3/t36-,37-/m0/s1. The average molecular weight is 932 g/mol. The maximum atomic E-state index is 13.8. The summed E-state index contributed by atoms with van der Waals surface area (Å²) < 4.78 is 26.1. The normalized spacial score (nSPS) is 16.5. The van der Waals surface area contributed by atoms with Gasteiger partial charge in [0.1, 0.15) is 12.3 Å². The summed E-state index contributed by atoms with van der Waals surface area (Å²) in [6.45, 7) is 11.7. The van der Waals surface area contributed by atoms with Crippen molar-refractivity contribution in [2.75, 3.05) is 68.4 Å². The first-order valence-corrected chi connectivity index (χ1v) is 26.5. The minimum Gasteiger partial charge on any atom is -0.493 e. The van der Waals surface area contributed by atoms with Crippen LogP contribution < -0.4 is 30.4 Å². The number of hydrogen-bond donors (Lipinski definition) is 2. The van der Waals surface area contributed by atoms with Crippen LogP contribution in [0, 0.1) is 0 Å². The molecule has 2 aliphatic heterocycles. The smallest absolute Gasteiger partial charge is 0.256 e. The van der Waals surface area contributed by atoms with E-state index in [-0.39, 0.29) is 30.5 Å². The van der Waals surface area contributed by atoms with Crippen molar-refractivity contribution >= 4 is 70.2 Å². The van der Waals surface area contributed by atoms with E-state index in [0.717, 1.165) is 107 Å². The molecule has 344 valence electrons. The summed E-state index contributed by atoms with van der Waals surface area (Å²) in [6, 6.07) is 7.25. The highest BCUT2D eigenvalue weighted by Gasteiger charge is 2.37. The number of nitrogens with zero attached hydrogens (tertiary/aromatic N) is 5. The Bertz CT molecular complexity index is 1860. The van der Waals surface area contributed by atoms with Gasteiger partial charge in [-0.05, 0) is 73.7 Å². The summed E-state index contributed by atoms with van der Waals surface area (Å²) in [6.07, 6.45) is 12.1. The van der Waals surface area contributed by atoms with E-state index in [4.69, 9.17) is 30.4 Å². The molecule has 2 aliphatic rings. The third kappa shape index (κ3) is 13.4. The van der Waals surface area contributed by atoms with E-state index in [0.29, 0.717) is 67.0 Å². The summed E-state index contributed by atoms with van der Waals surface area (Å²) in [7, 11) is 3.17. The van der Waals surface area contributed by atoms with E-state index < -0.39 is 0 Å². The minimum absolute atomic E-state index is 0.0292. The fraction of sp³-hybridized carbons (Fsp3) is 0.644. The molecule has 17 heteroatoms. The zero-order chi connectivity index (χ0) is 44.4. The summed E-state index contributed by atoms with van der Waals surface area (Å²) in [5, 5.41) is 8.61. The third-order valence-electron chi connectivity index (χ3n) is 11.2. The van der Waals surface area contributed by atoms with E-state index in [2.05, 4.69) is 38.0 Å². The highest BCUT2D eigenvalue weighted by atomic mass is 32.2. The van der Waals surface area contributed by atoms with Gasteiger partial charge in [0.15, 0.2) is 23.0 Å². The van der Waals surface area contributed by atoms with Gasteiger partial charge in [-0.3, -0.25) is 14.3 Å². The van der Waals surface area contributed by atoms with Crippen LogP contribution in [0.15, 0.2) is 30.5 Å². The number of benzene rings is 2. The molecule has 4 N–H and O–H groups in total. The number of amides is 2.